The first-order valence-electron chi connectivity index (χ1n) is 4.42. The molecule has 1 aromatic rings. The van der Waals surface area contributed by atoms with Crippen LogP contribution < -0.4 is 0 Å². The van der Waals surface area contributed by atoms with Crippen molar-refractivity contribution in [1.82, 2.24) is 4.98 Å². The van der Waals surface area contributed by atoms with Crippen LogP contribution in [0.25, 0.3) is 0 Å². The van der Waals surface area contributed by atoms with E-state index in [9.17, 15) is 4.79 Å². The van der Waals surface area contributed by atoms with Crippen LogP contribution in [0, 0.1) is 0 Å². The SMILES string of the molecule is O=C(Cc1ccncc1Cl)C1(Cl)CC1. The second kappa shape index (κ2) is 3.52. The van der Waals surface area contributed by atoms with Crippen LogP contribution in [0.5, 0.6) is 0 Å². The van der Waals surface area contributed by atoms with Crippen LogP contribution in [0.1, 0.15) is 18.4 Å². The minimum absolute atomic E-state index is 0.0623. The van der Waals surface area contributed by atoms with Gasteiger partial charge in [-0.25, -0.2) is 0 Å². The summed E-state index contributed by atoms with van der Waals surface area (Å²) in [6.45, 7) is 0. The van der Waals surface area contributed by atoms with E-state index in [1.165, 1.54) is 6.20 Å². The molecule has 0 amide bonds. The fourth-order valence-corrected chi connectivity index (χ4v) is 1.61. The highest BCUT2D eigenvalue weighted by Gasteiger charge is 2.47. The molecule has 0 atom stereocenters. The number of ketones is 1. The summed E-state index contributed by atoms with van der Waals surface area (Å²) in [4.78, 5) is 14.9. The van der Waals surface area contributed by atoms with Crippen LogP contribution in [0.4, 0.5) is 0 Å². The van der Waals surface area contributed by atoms with Gasteiger partial charge in [0.05, 0.1) is 5.02 Å². The van der Waals surface area contributed by atoms with Gasteiger partial charge in [0, 0.05) is 18.8 Å². The second-order valence-corrected chi connectivity index (χ2v) is 4.66. The average molecular weight is 230 g/mol. The Hall–Kier alpha value is -0.600. The van der Waals surface area contributed by atoms with Gasteiger partial charge < -0.3 is 0 Å². The van der Waals surface area contributed by atoms with E-state index in [-0.39, 0.29) is 5.78 Å². The highest BCUT2D eigenvalue weighted by molar-refractivity contribution is 6.38. The van der Waals surface area contributed by atoms with Crippen molar-refractivity contribution >= 4 is 29.0 Å². The number of hydrogen-bond acceptors (Lipinski definition) is 2. The van der Waals surface area contributed by atoms with Gasteiger partial charge in [-0.3, -0.25) is 9.78 Å². The summed E-state index contributed by atoms with van der Waals surface area (Å²) in [6, 6.07) is 1.75. The summed E-state index contributed by atoms with van der Waals surface area (Å²) in [5.74, 6) is 0.0623. The fraction of sp³-hybridized carbons (Fsp3) is 0.400. The van der Waals surface area contributed by atoms with Crippen molar-refractivity contribution in [1.29, 1.82) is 0 Å². The number of halogens is 2. The number of Topliss-reactive ketones (excluding diaryl/α,β-unsaturated/α-hetero) is 1. The van der Waals surface area contributed by atoms with E-state index in [0.29, 0.717) is 11.4 Å². The smallest absolute Gasteiger partial charge is 0.158 e. The van der Waals surface area contributed by atoms with Crippen molar-refractivity contribution in [3.63, 3.8) is 0 Å². The number of carbonyl (C=O) groups excluding carboxylic acids is 1. The van der Waals surface area contributed by atoms with Gasteiger partial charge in [-0.05, 0) is 24.5 Å². The maximum absolute atomic E-state index is 11.6. The first kappa shape index (κ1) is 9.94. The molecule has 0 aliphatic heterocycles. The zero-order valence-electron chi connectivity index (χ0n) is 7.46. The molecule has 1 saturated carbocycles. The van der Waals surface area contributed by atoms with Crippen molar-refractivity contribution in [2.75, 3.05) is 0 Å². The number of pyridine rings is 1. The maximum Gasteiger partial charge on any atom is 0.158 e. The number of rotatable bonds is 3. The Balaban J connectivity index is 2.11. The number of nitrogens with zero attached hydrogens (tertiary/aromatic N) is 1. The van der Waals surface area contributed by atoms with Gasteiger partial charge in [-0.1, -0.05) is 11.6 Å². The summed E-state index contributed by atoms with van der Waals surface area (Å²) >= 11 is 11.9. The molecule has 1 aliphatic rings. The highest BCUT2D eigenvalue weighted by Crippen LogP contribution is 2.44. The molecular formula is C10H9Cl2NO. The van der Waals surface area contributed by atoms with E-state index >= 15 is 0 Å². The monoisotopic (exact) mass is 229 g/mol. The predicted molar refractivity (Wildman–Crippen MR) is 55.8 cm³/mol. The van der Waals surface area contributed by atoms with E-state index in [2.05, 4.69) is 4.98 Å². The summed E-state index contributed by atoms with van der Waals surface area (Å²) in [5, 5.41) is 0.529. The van der Waals surface area contributed by atoms with Crippen LogP contribution in [-0.2, 0) is 11.2 Å². The van der Waals surface area contributed by atoms with Crippen LogP contribution in [0.15, 0.2) is 18.5 Å². The summed E-state index contributed by atoms with van der Waals surface area (Å²) < 4.78 is 0. The lowest BCUT2D eigenvalue weighted by atomic mass is 10.1. The van der Waals surface area contributed by atoms with Gasteiger partial charge in [0.1, 0.15) is 4.87 Å². The molecule has 0 bridgehead atoms. The summed E-state index contributed by atoms with van der Waals surface area (Å²) in [5.41, 5.74) is 0.804. The van der Waals surface area contributed by atoms with E-state index in [1.54, 1.807) is 12.3 Å². The first-order valence-corrected chi connectivity index (χ1v) is 5.18. The molecular weight excluding hydrogens is 221 g/mol. The Morgan fingerprint density at radius 1 is 1.57 bits per heavy atom. The van der Waals surface area contributed by atoms with Gasteiger partial charge in [0.2, 0.25) is 0 Å². The van der Waals surface area contributed by atoms with Crippen molar-refractivity contribution in [2.24, 2.45) is 0 Å². The van der Waals surface area contributed by atoms with Gasteiger partial charge >= 0.3 is 0 Å². The summed E-state index contributed by atoms with van der Waals surface area (Å²) in [7, 11) is 0. The number of aromatic nitrogens is 1. The van der Waals surface area contributed by atoms with Crippen molar-refractivity contribution in [3.05, 3.63) is 29.0 Å². The van der Waals surface area contributed by atoms with Crippen molar-refractivity contribution in [2.45, 2.75) is 24.1 Å². The molecule has 0 radical (unpaired) electrons. The Labute approximate surface area is 92.2 Å². The van der Waals surface area contributed by atoms with Crippen LogP contribution in [0.2, 0.25) is 5.02 Å². The topological polar surface area (TPSA) is 30.0 Å². The molecule has 14 heavy (non-hydrogen) atoms. The van der Waals surface area contributed by atoms with Crippen LogP contribution in [0.3, 0.4) is 0 Å². The van der Waals surface area contributed by atoms with Gasteiger partial charge in [-0.15, -0.1) is 11.6 Å². The molecule has 0 N–H and O–H groups in total. The molecule has 74 valence electrons. The zero-order chi connectivity index (χ0) is 10.2. The van der Waals surface area contributed by atoms with E-state index in [0.717, 1.165) is 18.4 Å². The Bertz CT molecular complexity index is 374. The lowest BCUT2D eigenvalue weighted by molar-refractivity contribution is -0.118. The van der Waals surface area contributed by atoms with Gasteiger partial charge in [-0.2, -0.15) is 0 Å². The normalized spacial score (nSPS) is 17.9. The third kappa shape index (κ3) is 1.91. The Kier molecular flexibility index (Phi) is 2.50. The lowest BCUT2D eigenvalue weighted by Gasteiger charge is -2.05. The fourth-order valence-electron chi connectivity index (χ4n) is 1.27. The quantitative estimate of drug-likeness (QED) is 0.747. The lowest BCUT2D eigenvalue weighted by Crippen LogP contribution is -2.18. The molecule has 0 aromatic carbocycles. The molecule has 4 heteroatoms. The second-order valence-electron chi connectivity index (χ2n) is 3.53. The molecule has 0 saturated heterocycles. The largest absolute Gasteiger partial charge is 0.297 e. The standard InChI is InChI=1S/C10H9Cl2NO/c11-8-6-13-4-1-7(8)5-9(14)10(12)2-3-10/h1,4,6H,2-3,5H2. The number of carbonyl (C=O) groups is 1. The van der Waals surface area contributed by atoms with E-state index in [1.807, 2.05) is 0 Å². The number of hydrogen-bond donors (Lipinski definition) is 0. The Morgan fingerprint density at radius 3 is 2.86 bits per heavy atom. The molecule has 2 rings (SSSR count). The zero-order valence-corrected chi connectivity index (χ0v) is 8.98. The molecule has 1 aromatic heterocycles. The molecule has 1 aliphatic carbocycles. The van der Waals surface area contributed by atoms with Crippen LogP contribution in [-0.4, -0.2) is 15.6 Å². The average Bonchev–Trinajstić information content (AvgIpc) is 2.89. The van der Waals surface area contributed by atoms with Gasteiger partial charge in [0.15, 0.2) is 5.78 Å². The Morgan fingerprint density at radius 2 is 2.29 bits per heavy atom. The van der Waals surface area contributed by atoms with Crippen molar-refractivity contribution in [3.8, 4) is 0 Å². The molecule has 1 heterocycles. The molecule has 0 spiro atoms. The predicted octanol–water partition coefficient (Wildman–Crippen LogP) is 2.62. The van der Waals surface area contributed by atoms with E-state index < -0.39 is 4.87 Å². The summed E-state index contributed by atoms with van der Waals surface area (Å²) in [6.07, 6.45) is 5.05. The third-order valence-corrected chi connectivity index (χ3v) is 3.33. The molecule has 1 fully saturated rings. The third-order valence-electron chi connectivity index (χ3n) is 2.40. The molecule has 0 unspecified atom stereocenters. The van der Waals surface area contributed by atoms with Crippen molar-refractivity contribution < 1.29 is 4.79 Å². The van der Waals surface area contributed by atoms with E-state index in [4.69, 9.17) is 23.2 Å². The molecule has 2 nitrogen and oxygen atoms in total. The van der Waals surface area contributed by atoms with Gasteiger partial charge in [0.25, 0.3) is 0 Å². The minimum atomic E-state index is -0.591. The first-order chi connectivity index (χ1) is 6.62. The minimum Gasteiger partial charge on any atom is -0.297 e. The maximum atomic E-state index is 11.6. The number of alkyl halides is 1. The highest BCUT2D eigenvalue weighted by atomic mass is 35.5. The van der Waals surface area contributed by atoms with Crippen LogP contribution >= 0.6 is 23.2 Å².